The van der Waals surface area contributed by atoms with Gasteiger partial charge in [0.25, 0.3) is 15.6 Å². The van der Waals surface area contributed by atoms with Crippen molar-refractivity contribution in [2.45, 2.75) is 77.0 Å². The fourth-order valence-corrected chi connectivity index (χ4v) is 7.03. The molecule has 45 heavy (non-hydrogen) atoms. The maximum absolute atomic E-state index is 13.9. The van der Waals surface area contributed by atoms with Crippen molar-refractivity contribution in [3.05, 3.63) is 93.9 Å². The van der Waals surface area contributed by atoms with Crippen molar-refractivity contribution >= 4 is 15.9 Å². The van der Waals surface area contributed by atoms with Crippen LogP contribution in [0.3, 0.4) is 0 Å². The van der Waals surface area contributed by atoms with Gasteiger partial charge in [0, 0.05) is 23.5 Å². The van der Waals surface area contributed by atoms with Gasteiger partial charge in [0.05, 0.1) is 29.6 Å². The van der Waals surface area contributed by atoms with Gasteiger partial charge < -0.3 is 4.74 Å². The van der Waals surface area contributed by atoms with Gasteiger partial charge >= 0.3 is 0 Å². The number of nitrogens with one attached hydrogen (secondary N) is 1. The summed E-state index contributed by atoms with van der Waals surface area (Å²) in [6.45, 7) is 6.23. The Balaban J connectivity index is 1.45. The van der Waals surface area contributed by atoms with Crippen molar-refractivity contribution < 1.29 is 17.9 Å². The monoisotopic (exact) mass is 629 g/mol. The van der Waals surface area contributed by atoms with E-state index >= 15 is 0 Å². The number of carbonyl (C=O) groups excluding carboxylic acids is 1. The molecule has 0 atom stereocenters. The van der Waals surface area contributed by atoms with Gasteiger partial charge in [-0.3, -0.25) is 9.59 Å². The van der Waals surface area contributed by atoms with Crippen molar-refractivity contribution in [3.8, 4) is 22.8 Å². The van der Waals surface area contributed by atoms with Gasteiger partial charge in [-0.25, -0.2) is 32.7 Å². The molecule has 4 aromatic rings. The molecule has 10 nitrogen and oxygen atoms in total. The lowest BCUT2D eigenvalue weighted by Gasteiger charge is -2.15. The minimum Gasteiger partial charge on any atom is -0.491 e. The Bertz CT molecular complexity index is 1810. The first-order valence-corrected chi connectivity index (χ1v) is 17.0. The molecule has 236 valence electrons. The first-order valence-electron chi connectivity index (χ1n) is 15.5. The summed E-state index contributed by atoms with van der Waals surface area (Å²) < 4.78 is 35.8. The average molecular weight is 630 g/mol. The lowest BCUT2D eigenvalue weighted by molar-refractivity contribution is -0.122. The van der Waals surface area contributed by atoms with E-state index in [0.29, 0.717) is 60.6 Å². The van der Waals surface area contributed by atoms with Crippen LogP contribution in [0.15, 0.2) is 70.6 Å². The van der Waals surface area contributed by atoms with Gasteiger partial charge in [-0.1, -0.05) is 68.7 Å². The summed E-state index contributed by atoms with van der Waals surface area (Å²) in [5.74, 6) is 0.544. The van der Waals surface area contributed by atoms with Gasteiger partial charge in [-0.2, -0.15) is 0 Å². The molecule has 2 aromatic heterocycles. The van der Waals surface area contributed by atoms with Crippen molar-refractivity contribution in [1.29, 1.82) is 0 Å². The van der Waals surface area contributed by atoms with E-state index in [-0.39, 0.29) is 22.3 Å². The lowest BCUT2D eigenvalue weighted by atomic mass is 9.98. The maximum atomic E-state index is 13.9. The van der Waals surface area contributed by atoms with Crippen molar-refractivity contribution in [2.75, 3.05) is 6.61 Å². The zero-order valence-electron chi connectivity index (χ0n) is 26.0. The number of benzene rings is 2. The topological polar surface area (TPSA) is 133 Å². The summed E-state index contributed by atoms with van der Waals surface area (Å²) in [7, 11) is -4.07. The van der Waals surface area contributed by atoms with Crippen molar-refractivity contribution in [1.82, 2.24) is 24.2 Å². The number of carbonyl (C=O) groups is 1. The highest BCUT2D eigenvalue weighted by Crippen LogP contribution is 2.30. The summed E-state index contributed by atoms with van der Waals surface area (Å²) in [6, 6.07) is 14.1. The second kappa shape index (κ2) is 14.2. The number of amides is 1. The molecule has 0 unspecified atom stereocenters. The quantitative estimate of drug-likeness (QED) is 0.223. The number of aryl methyl sites for hydroxylation is 2. The Morgan fingerprint density at radius 3 is 2.38 bits per heavy atom. The number of sulfonamides is 1. The number of unbranched alkanes of at least 4 members (excludes halogenated alkanes) is 1. The van der Waals surface area contributed by atoms with Gasteiger partial charge in [0.15, 0.2) is 5.75 Å². The van der Waals surface area contributed by atoms with Crippen LogP contribution >= 0.6 is 0 Å². The smallest absolute Gasteiger partial charge is 0.264 e. The highest BCUT2D eigenvalue weighted by molar-refractivity contribution is 7.90. The molecular weight excluding hydrogens is 590 g/mol. The van der Waals surface area contributed by atoms with E-state index in [1.165, 1.54) is 10.6 Å². The van der Waals surface area contributed by atoms with Crippen molar-refractivity contribution in [2.24, 2.45) is 5.92 Å². The molecule has 2 heterocycles. The van der Waals surface area contributed by atoms with Crippen molar-refractivity contribution in [3.63, 3.8) is 0 Å². The summed E-state index contributed by atoms with van der Waals surface area (Å²) in [4.78, 5) is 40.2. The summed E-state index contributed by atoms with van der Waals surface area (Å²) >= 11 is 0. The Kier molecular flexibility index (Phi) is 10.1. The van der Waals surface area contributed by atoms with E-state index in [1.54, 1.807) is 37.5 Å². The summed E-state index contributed by atoms with van der Waals surface area (Å²) in [5, 5.41) is 0. The van der Waals surface area contributed by atoms with E-state index in [2.05, 4.69) is 21.6 Å². The third-order valence-electron chi connectivity index (χ3n) is 8.11. The normalized spacial score (nSPS) is 13.6. The van der Waals surface area contributed by atoms with Crippen LogP contribution in [0.2, 0.25) is 0 Å². The Morgan fingerprint density at radius 1 is 1.02 bits per heavy atom. The molecule has 1 amide bonds. The first kappa shape index (κ1) is 32.0. The van der Waals surface area contributed by atoms with E-state index in [1.807, 2.05) is 31.2 Å². The molecule has 1 aliphatic rings. The number of aromatic nitrogens is 4. The summed E-state index contributed by atoms with van der Waals surface area (Å²) in [5.41, 5.74) is 3.13. The number of rotatable bonds is 12. The van der Waals surface area contributed by atoms with E-state index in [0.717, 1.165) is 36.9 Å². The van der Waals surface area contributed by atoms with E-state index < -0.39 is 15.9 Å². The molecule has 1 N–H and O–H groups in total. The molecule has 2 aromatic carbocycles. The second-order valence-electron chi connectivity index (χ2n) is 11.3. The number of nitrogens with zero attached hydrogens (tertiary/aromatic N) is 4. The molecule has 1 saturated carbocycles. The van der Waals surface area contributed by atoms with Gasteiger partial charge in [-0.15, -0.1) is 0 Å². The Morgan fingerprint density at radius 2 is 1.71 bits per heavy atom. The second-order valence-corrected chi connectivity index (χ2v) is 13.0. The van der Waals surface area contributed by atoms with Crippen LogP contribution in [-0.2, 0) is 27.7 Å². The van der Waals surface area contributed by atoms with Crippen LogP contribution in [0.1, 0.15) is 75.0 Å². The van der Waals surface area contributed by atoms with Crippen LogP contribution < -0.4 is 15.0 Å². The third-order valence-corrected chi connectivity index (χ3v) is 9.51. The SMILES string of the molecule is CCCCc1nc(C)n(-c2ncc(OCC)cn2)c(=O)c1Cc1ccc(-c2ccccc2S(=O)(=O)NC(=O)C2CCCC2)cc1. The van der Waals surface area contributed by atoms with E-state index in [9.17, 15) is 18.0 Å². The first-order chi connectivity index (χ1) is 21.7. The fourth-order valence-electron chi connectivity index (χ4n) is 5.75. The molecule has 0 bridgehead atoms. The molecule has 0 spiro atoms. The lowest BCUT2D eigenvalue weighted by Crippen LogP contribution is -2.35. The average Bonchev–Trinajstić information content (AvgIpc) is 3.58. The van der Waals surface area contributed by atoms with Crippen LogP contribution in [0.25, 0.3) is 17.1 Å². The number of hydrogen-bond acceptors (Lipinski definition) is 8. The molecular formula is C34H39N5O5S. The number of hydrogen-bond donors (Lipinski definition) is 1. The predicted octanol–water partition coefficient (Wildman–Crippen LogP) is 5.33. The van der Waals surface area contributed by atoms with E-state index in [4.69, 9.17) is 9.72 Å². The highest BCUT2D eigenvalue weighted by atomic mass is 32.2. The molecule has 0 aliphatic heterocycles. The molecule has 5 rings (SSSR count). The molecule has 0 radical (unpaired) electrons. The Labute approximate surface area is 264 Å². The fraction of sp³-hybridized carbons (Fsp3) is 0.382. The highest BCUT2D eigenvalue weighted by Gasteiger charge is 2.28. The van der Waals surface area contributed by atoms with Crippen LogP contribution in [0.5, 0.6) is 5.75 Å². The van der Waals surface area contributed by atoms with Crippen LogP contribution in [0, 0.1) is 12.8 Å². The standard InChI is InChI=1S/C34H39N5O5S/c1-4-6-14-30-29(33(41)39(23(3)37-30)34-35-21-27(22-36-34)44-5-2)20-24-16-18-25(19-17-24)28-13-9-10-15-31(28)45(42,43)38-32(40)26-11-7-8-12-26/h9-10,13,15-19,21-22,26H,4-8,11-12,14,20H2,1-3H3,(H,38,40). The zero-order chi connectivity index (χ0) is 32.0. The van der Waals surface area contributed by atoms with Gasteiger partial charge in [0.2, 0.25) is 11.9 Å². The minimum absolute atomic E-state index is 0.0481. The largest absolute Gasteiger partial charge is 0.491 e. The maximum Gasteiger partial charge on any atom is 0.264 e. The molecule has 1 fully saturated rings. The van der Waals surface area contributed by atoms with Crippen LogP contribution in [0.4, 0.5) is 0 Å². The zero-order valence-corrected chi connectivity index (χ0v) is 26.8. The number of ether oxygens (including phenoxy) is 1. The molecule has 11 heteroatoms. The molecule has 0 saturated heterocycles. The van der Waals surface area contributed by atoms with Gasteiger partial charge in [-0.05, 0) is 56.7 Å². The third kappa shape index (κ3) is 7.30. The predicted molar refractivity (Wildman–Crippen MR) is 172 cm³/mol. The Hall–Kier alpha value is -4.38. The van der Waals surface area contributed by atoms with Crippen LogP contribution in [-0.4, -0.2) is 40.5 Å². The molecule has 1 aliphatic carbocycles. The summed E-state index contributed by atoms with van der Waals surface area (Å²) in [6.07, 6.45) is 9.22. The van der Waals surface area contributed by atoms with Gasteiger partial charge in [0.1, 0.15) is 5.82 Å². The minimum atomic E-state index is -4.07.